The van der Waals surface area contributed by atoms with Crippen LogP contribution in [0.4, 0.5) is 0 Å². The molecule has 0 aromatic carbocycles. The number of aliphatic hydroxyl groups is 1. The third-order valence-electron chi connectivity index (χ3n) is 2.80. The molecule has 1 unspecified atom stereocenters. The molecule has 2 rings (SSSR count). The lowest BCUT2D eigenvalue weighted by Crippen LogP contribution is -2.17. The van der Waals surface area contributed by atoms with Gasteiger partial charge in [-0.15, -0.1) is 0 Å². The second-order valence-corrected chi connectivity index (χ2v) is 3.63. The highest BCUT2D eigenvalue weighted by Crippen LogP contribution is 2.33. The molecule has 0 fully saturated rings. The average Bonchev–Trinajstić information content (AvgIpc) is 2.18. The molecular weight excluding hydrogens is 178 g/mol. The van der Waals surface area contributed by atoms with Gasteiger partial charge in [-0.05, 0) is 24.5 Å². The zero-order valence-electron chi connectivity index (χ0n) is 8.58. The van der Waals surface area contributed by atoms with Crippen LogP contribution < -0.4 is 4.74 Å². The molecule has 76 valence electrons. The van der Waals surface area contributed by atoms with Crippen LogP contribution >= 0.6 is 0 Å². The number of hydrogen-bond donors (Lipinski definition) is 1. The van der Waals surface area contributed by atoms with Gasteiger partial charge < -0.3 is 9.84 Å². The van der Waals surface area contributed by atoms with Crippen LogP contribution in [0.1, 0.15) is 36.1 Å². The molecule has 1 aliphatic rings. The predicted octanol–water partition coefficient (Wildman–Crippen LogP) is 1.77. The normalized spacial score (nSPS) is 20.1. The van der Waals surface area contributed by atoms with Gasteiger partial charge in [0.2, 0.25) is 5.88 Å². The first-order valence-corrected chi connectivity index (χ1v) is 5.03. The van der Waals surface area contributed by atoms with Gasteiger partial charge in [0.1, 0.15) is 0 Å². The van der Waals surface area contributed by atoms with E-state index in [0.29, 0.717) is 18.9 Å². The summed E-state index contributed by atoms with van der Waals surface area (Å²) in [5, 5.41) is 9.84. The van der Waals surface area contributed by atoms with Gasteiger partial charge in [0.25, 0.3) is 0 Å². The highest BCUT2D eigenvalue weighted by atomic mass is 16.5. The second-order valence-electron chi connectivity index (χ2n) is 3.63. The molecule has 0 bridgehead atoms. The number of nitrogens with zero attached hydrogens (tertiary/aromatic N) is 1. The molecule has 14 heavy (non-hydrogen) atoms. The number of pyridine rings is 1. The third-order valence-corrected chi connectivity index (χ3v) is 2.80. The molecule has 1 aromatic rings. The molecule has 2 heterocycles. The van der Waals surface area contributed by atoms with Crippen molar-refractivity contribution >= 4 is 0 Å². The Kier molecular flexibility index (Phi) is 2.42. The predicted molar refractivity (Wildman–Crippen MR) is 53.4 cm³/mol. The van der Waals surface area contributed by atoms with Gasteiger partial charge in [-0.2, -0.15) is 0 Å². The second kappa shape index (κ2) is 3.58. The molecule has 3 heteroatoms. The van der Waals surface area contributed by atoms with Crippen LogP contribution in [0.3, 0.4) is 0 Å². The van der Waals surface area contributed by atoms with E-state index in [1.165, 1.54) is 5.56 Å². The molecule has 3 nitrogen and oxygen atoms in total. The maximum Gasteiger partial charge on any atom is 0.219 e. The van der Waals surface area contributed by atoms with E-state index >= 15 is 0 Å². The molecule has 0 spiro atoms. The zero-order chi connectivity index (χ0) is 10.1. The van der Waals surface area contributed by atoms with Gasteiger partial charge in [0.05, 0.1) is 12.7 Å². The van der Waals surface area contributed by atoms with Crippen LogP contribution in [0.15, 0.2) is 6.20 Å². The fourth-order valence-corrected chi connectivity index (χ4v) is 1.91. The molecule has 1 atom stereocenters. The van der Waals surface area contributed by atoms with Gasteiger partial charge in [0.15, 0.2) is 0 Å². The molecule has 0 aliphatic carbocycles. The van der Waals surface area contributed by atoms with E-state index in [2.05, 4.69) is 11.9 Å². The van der Waals surface area contributed by atoms with E-state index in [0.717, 1.165) is 17.5 Å². The molecule has 1 aliphatic heterocycles. The Bertz CT molecular complexity index is 349. The number of rotatable bonds is 1. The largest absolute Gasteiger partial charge is 0.477 e. The van der Waals surface area contributed by atoms with E-state index in [-0.39, 0.29) is 0 Å². The number of aliphatic hydroxyl groups excluding tert-OH is 1. The Morgan fingerprint density at radius 3 is 3.14 bits per heavy atom. The van der Waals surface area contributed by atoms with Crippen molar-refractivity contribution in [2.24, 2.45) is 0 Å². The first kappa shape index (κ1) is 9.46. The number of aryl methyl sites for hydroxylation is 1. The van der Waals surface area contributed by atoms with E-state index in [1.54, 1.807) is 0 Å². The highest BCUT2D eigenvalue weighted by Gasteiger charge is 2.23. The van der Waals surface area contributed by atoms with Gasteiger partial charge >= 0.3 is 0 Å². The molecule has 0 amide bonds. The van der Waals surface area contributed by atoms with Gasteiger partial charge in [-0.1, -0.05) is 6.92 Å². The molecule has 1 N–H and O–H groups in total. The maximum absolute atomic E-state index is 9.84. The molecule has 0 saturated carbocycles. The summed E-state index contributed by atoms with van der Waals surface area (Å²) in [5.41, 5.74) is 3.20. The molecule has 0 radical (unpaired) electrons. The van der Waals surface area contributed by atoms with Crippen LogP contribution in [0.2, 0.25) is 0 Å². The standard InChI is InChI=1S/C11H15NO2/c1-3-8-6-12-11-10(7(8)2)9(13)4-5-14-11/h6,9,13H,3-5H2,1-2H3. The third kappa shape index (κ3) is 1.38. The van der Waals surface area contributed by atoms with Crippen molar-refractivity contribution in [2.45, 2.75) is 32.8 Å². The van der Waals surface area contributed by atoms with Crippen molar-refractivity contribution in [1.29, 1.82) is 0 Å². The number of aromatic nitrogens is 1. The van der Waals surface area contributed by atoms with Crippen LogP contribution in [0.5, 0.6) is 5.88 Å². The Morgan fingerprint density at radius 2 is 2.43 bits per heavy atom. The minimum Gasteiger partial charge on any atom is -0.477 e. The number of fused-ring (bicyclic) bond motifs is 1. The summed E-state index contributed by atoms with van der Waals surface area (Å²) in [6.07, 6.45) is 3.05. The van der Waals surface area contributed by atoms with E-state index in [4.69, 9.17) is 4.74 Å². The smallest absolute Gasteiger partial charge is 0.219 e. The quantitative estimate of drug-likeness (QED) is 0.739. The van der Waals surface area contributed by atoms with Crippen molar-refractivity contribution in [3.8, 4) is 5.88 Å². The fourth-order valence-electron chi connectivity index (χ4n) is 1.91. The SMILES string of the molecule is CCc1cnc2c(c1C)C(O)CCO2. The minimum atomic E-state index is -0.405. The summed E-state index contributed by atoms with van der Waals surface area (Å²) >= 11 is 0. The van der Waals surface area contributed by atoms with E-state index < -0.39 is 6.10 Å². The molecule has 1 aromatic heterocycles. The van der Waals surface area contributed by atoms with Gasteiger partial charge in [0, 0.05) is 18.2 Å². The van der Waals surface area contributed by atoms with Crippen LogP contribution in [0, 0.1) is 6.92 Å². The highest BCUT2D eigenvalue weighted by molar-refractivity contribution is 5.41. The Balaban J connectivity index is 2.54. The van der Waals surface area contributed by atoms with Crippen molar-refractivity contribution in [3.63, 3.8) is 0 Å². The summed E-state index contributed by atoms with van der Waals surface area (Å²) in [5.74, 6) is 0.610. The monoisotopic (exact) mass is 193 g/mol. The van der Waals surface area contributed by atoms with E-state index in [1.807, 2.05) is 13.1 Å². The first-order chi connectivity index (χ1) is 6.74. The maximum atomic E-state index is 9.84. The zero-order valence-corrected chi connectivity index (χ0v) is 8.58. The summed E-state index contributed by atoms with van der Waals surface area (Å²) in [4.78, 5) is 4.22. The van der Waals surface area contributed by atoms with E-state index in [9.17, 15) is 5.11 Å². The van der Waals surface area contributed by atoms with Crippen LogP contribution in [0.25, 0.3) is 0 Å². The van der Waals surface area contributed by atoms with Crippen molar-refractivity contribution in [1.82, 2.24) is 4.98 Å². The van der Waals surface area contributed by atoms with Gasteiger partial charge in [-0.25, -0.2) is 4.98 Å². The van der Waals surface area contributed by atoms with Crippen LogP contribution in [-0.4, -0.2) is 16.7 Å². The first-order valence-electron chi connectivity index (χ1n) is 5.03. The number of ether oxygens (including phenoxy) is 1. The van der Waals surface area contributed by atoms with Crippen molar-refractivity contribution < 1.29 is 9.84 Å². The fraction of sp³-hybridized carbons (Fsp3) is 0.545. The molecule has 0 saturated heterocycles. The lowest BCUT2D eigenvalue weighted by atomic mass is 9.97. The number of hydrogen-bond acceptors (Lipinski definition) is 3. The minimum absolute atomic E-state index is 0.405. The Morgan fingerprint density at radius 1 is 1.64 bits per heavy atom. The van der Waals surface area contributed by atoms with Crippen molar-refractivity contribution in [3.05, 3.63) is 22.9 Å². The molecular formula is C11H15NO2. The Hall–Kier alpha value is -1.09. The summed E-state index contributed by atoms with van der Waals surface area (Å²) < 4.78 is 5.40. The summed E-state index contributed by atoms with van der Waals surface area (Å²) in [7, 11) is 0. The summed E-state index contributed by atoms with van der Waals surface area (Å²) in [6, 6.07) is 0. The lowest BCUT2D eigenvalue weighted by Gasteiger charge is -2.23. The summed E-state index contributed by atoms with van der Waals surface area (Å²) in [6.45, 7) is 4.68. The van der Waals surface area contributed by atoms with Gasteiger partial charge in [-0.3, -0.25) is 0 Å². The Labute approximate surface area is 83.7 Å². The average molecular weight is 193 g/mol. The van der Waals surface area contributed by atoms with Crippen LogP contribution in [-0.2, 0) is 6.42 Å². The lowest BCUT2D eigenvalue weighted by molar-refractivity contribution is 0.111. The van der Waals surface area contributed by atoms with Crippen molar-refractivity contribution in [2.75, 3.05) is 6.61 Å². The topological polar surface area (TPSA) is 42.4 Å².